The number of carbonyl (C=O) groups is 2. The third-order valence-electron chi connectivity index (χ3n) is 3.89. The Balaban J connectivity index is 1.81. The van der Waals surface area contributed by atoms with Crippen molar-refractivity contribution in [3.63, 3.8) is 0 Å². The lowest BCUT2D eigenvalue weighted by Gasteiger charge is -2.11. The molecule has 0 saturated carbocycles. The Bertz CT molecular complexity index is 941. The summed E-state index contributed by atoms with van der Waals surface area (Å²) in [4.78, 5) is 25.3. The third kappa shape index (κ3) is 4.32. The van der Waals surface area contributed by atoms with Crippen molar-refractivity contribution >= 4 is 41.2 Å². The van der Waals surface area contributed by atoms with Gasteiger partial charge in [0.1, 0.15) is 18.1 Å². The molecule has 0 radical (unpaired) electrons. The number of halogens is 2. The van der Waals surface area contributed by atoms with E-state index in [1.165, 1.54) is 6.08 Å². The van der Waals surface area contributed by atoms with Gasteiger partial charge in [0.15, 0.2) is 0 Å². The maximum absolute atomic E-state index is 12.3. The molecule has 1 aliphatic heterocycles. The molecule has 27 heavy (non-hydrogen) atoms. The van der Waals surface area contributed by atoms with Crippen LogP contribution >= 0.6 is 23.2 Å². The Morgan fingerprint density at radius 1 is 1.15 bits per heavy atom. The number of benzene rings is 2. The van der Waals surface area contributed by atoms with Gasteiger partial charge in [-0.1, -0.05) is 53.5 Å². The number of rotatable bonds is 6. The number of hydrogen-bond acceptors (Lipinski definition) is 3. The molecular weight excluding hydrogens is 387 g/mol. The number of para-hydroxylation sites is 1. The fourth-order valence-corrected chi connectivity index (χ4v) is 3.01. The number of hydrogen-bond donors (Lipinski definition) is 1. The molecule has 1 fully saturated rings. The minimum atomic E-state index is -0.475. The zero-order chi connectivity index (χ0) is 19.4. The second kappa shape index (κ2) is 8.29. The molecule has 138 valence electrons. The van der Waals surface area contributed by atoms with E-state index in [9.17, 15) is 9.59 Å². The van der Waals surface area contributed by atoms with Crippen molar-refractivity contribution in [3.05, 3.63) is 82.0 Å². The van der Waals surface area contributed by atoms with Gasteiger partial charge in [-0.25, -0.2) is 4.79 Å². The predicted molar refractivity (Wildman–Crippen MR) is 106 cm³/mol. The number of imide groups is 1. The Labute approximate surface area is 166 Å². The lowest BCUT2D eigenvalue weighted by molar-refractivity contribution is -0.122. The first-order valence-corrected chi connectivity index (χ1v) is 8.86. The molecule has 3 rings (SSSR count). The highest BCUT2D eigenvalue weighted by Crippen LogP contribution is 2.26. The molecule has 0 aromatic heterocycles. The average molecular weight is 403 g/mol. The summed E-state index contributed by atoms with van der Waals surface area (Å²) in [5, 5.41) is 3.62. The molecule has 7 heteroatoms. The molecule has 1 heterocycles. The van der Waals surface area contributed by atoms with Gasteiger partial charge in [0, 0.05) is 27.7 Å². The van der Waals surface area contributed by atoms with Gasteiger partial charge in [-0.3, -0.25) is 9.69 Å². The molecule has 0 unspecified atom stereocenters. The molecule has 2 aromatic rings. The highest BCUT2D eigenvalue weighted by Gasteiger charge is 2.32. The zero-order valence-corrected chi connectivity index (χ0v) is 15.8. The Morgan fingerprint density at radius 3 is 2.67 bits per heavy atom. The number of urea groups is 1. The molecule has 1 N–H and O–H groups in total. The van der Waals surface area contributed by atoms with E-state index in [0.717, 1.165) is 10.5 Å². The van der Waals surface area contributed by atoms with Crippen LogP contribution in [0.3, 0.4) is 0 Å². The van der Waals surface area contributed by atoms with Crippen molar-refractivity contribution in [1.82, 2.24) is 10.2 Å². The lowest BCUT2D eigenvalue weighted by Crippen LogP contribution is -2.30. The number of ether oxygens (including phenoxy) is 1. The van der Waals surface area contributed by atoms with Crippen molar-refractivity contribution in [2.24, 2.45) is 0 Å². The van der Waals surface area contributed by atoms with E-state index >= 15 is 0 Å². The SMILES string of the molecule is C=CCN1C(=O)NC(=Cc2ccccc2OCc2ccc(Cl)cc2Cl)C1=O. The lowest BCUT2D eigenvalue weighted by atomic mass is 10.1. The summed E-state index contributed by atoms with van der Waals surface area (Å²) in [6.07, 6.45) is 3.08. The normalized spacial score (nSPS) is 15.2. The maximum atomic E-state index is 12.3. The number of amides is 3. The van der Waals surface area contributed by atoms with E-state index in [1.54, 1.807) is 36.4 Å². The second-order valence-electron chi connectivity index (χ2n) is 5.75. The van der Waals surface area contributed by atoms with Crippen LogP contribution in [0.4, 0.5) is 4.79 Å². The quantitative estimate of drug-likeness (QED) is 0.434. The number of nitrogens with zero attached hydrogens (tertiary/aromatic N) is 1. The molecule has 1 saturated heterocycles. The van der Waals surface area contributed by atoms with Crippen LogP contribution in [0, 0.1) is 0 Å². The Morgan fingerprint density at radius 2 is 1.93 bits per heavy atom. The van der Waals surface area contributed by atoms with E-state index in [-0.39, 0.29) is 18.8 Å². The summed E-state index contributed by atoms with van der Waals surface area (Å²) in [5.41, 5.74) is 1.63. The van der Waals surface area contributed by atoms with Crippen molar-refractivity contribution in [1.29, 1.82) is 0 Å². The monoisotopic (exact) mass is 402 g/mol. The molecule has 3 amide bonds. The van der Waals surface area contributed by atoms with Crippen LogP contribution in [0.1, 0.15) is 11.1 Å². The molecule has 0 atom stereocenters. The fourth-order valence-electron chi connectivity index (χ4n) is 2.55. The molecule has 0 aliphatic carbocycles. The Hall–Kier alpha value is -2.76. The molecule has 0 spiro atoms. The second-order valence-corrected chi connectivity index (χ2v) is 6.60. The molecule has 5 nitrogen and oxygen atoms in total. The third-order valence-corrected chi connectivity index (χ3v) is 4.48. The first-order chi connectivity index (χ1) is 13.0. The minimum Gasteiger partial charge on any atom is -0.488 e. The van der Waals surface area contributed by atoms with Crippen LogP contribution in [0.15, 0.2) is 60.8 Å². The summed E-state index contributed by atoms with van der Waals surface area (Å²) in [6, 6.07) is 11.9. The van der Waals surface area contributed by atoms with Crippen molar-refractivity contribution in [2.75, 3.05) is 6.54 Å². The first kappa shape index (κ1) is 19.0. The zero-order valence-electron chi connectivity index (χ0n) is 14.2. The van der Waals surface area contributed by atoms with Crippen LogP contribution in [0.25, 0.3) is 6.08 Å². The van der Waals surface area contributed by atoms with E-state index in [1.807, 2.05) is 12.1 Å². The van der Waals surface area contributed by atoms with Crippen LogP contribution < -0.4 is 10.1 Å². The van der Waals surface area contributed by atoms with Crippen molar-refractivity contribution < 1.29 is 14.3 Å². The molecule has 0 bridgehead atoms. The van der Waals surface area contributed by atoms with E-state index < -0.39 is 11.9 Å². The standard InChI is InChI=1S/C20H16Cl2N2O3/c1-2-9-24-19(25)17(23-20(24)26)10-13-5-3-4-6-18(13)27-12-14-7-8-15(21)11-16(14)22/h2-8,10-11H,1,9,12H2,(H,23,26). The predicted octanol–water partition coefficient (Wildman–Crippen LogP) is 4.65. The van der Waals surface area contributed by atoms with Gasteiger partial charge in [0.05, 0.1) is 0 Å². The fraction of sp³-hybridized carbons (Fsp3) is 0.100. The Kier molecular flexibility index (Phi) is 5.84. The van der Waals surface area contributed by atoms with Crippen molar-refractivity contribution in [2.45, 2.75) is 6.61 Å². The molecular formula is C20H16Cl2N2O3. The van der Waals surface area contributed by atoms with Gasteiger partial charge in [0.25, 0.3) is 5.91 Å². The van der Waals surface area contributed by atoms with E-state index in [4.69, 9.17) is 27.9 Å². The van der Waals surface area contributed by atoms with Gasteiger partial charge in [-0.2, -0.15) is 0 Å². The number of nitrogens with one attached hydrogen (secondary N) is 1. The smallest absolute Gasteiger partial charge is 0.329 e. The van der Waals surface area contributed by atoms with Gasteiger partial charge in [0.2, 0.25) is 0 Å². The van der Waals surface area contributed by atoms with Crippen LogP contribution in [-0.4, -0.2) is 23.4 Å². The van der Waals surface area contributed by atoms with E-state index in [2.05, 4.69) is 11.9 Å². The largest absolute Gasteiger partial charge is 0.488 e. The minimum absolute atomic E-state index is 0.148. The number of carbonyl (C=O) groups excluding carboxylic acids is 2. The van der Waals surface area contributed by atoms with Crippen LogP contribution in [0.2, 0.25) is 10.0 Å². The summed E-state index contributed by atoms with van der Waals surface area (Å²) in [6.45, 7) is 3.93. The topological polar surface area (TPSA) is 58.6 Å². The molecule has 1 aliphatic rings. The average Bonchev–Trinajstić information content (AvgIpc) is 2.90. The van der Waals surface area contributed by atoms with Crippen molar-refractivity contribution in [3.8, 4) is 5.75 Å². The van der Waals surface area contributed by atoms with Gasteiger partial charge >= 0.3 is 6.03 Å². The van der Waals surface area contributed by atoms with Gasteiger partial charge in [-0.15, -0.1) is 6.58 Å². The summed E-state index contributed by atoms with van der Waals surface area (Å²) >= 11 is 12.1. The van der Waals surface area contributed by atoms with Gasteiger partial charge < -0.3 is 10.1 Å². The first-order valence-electron chi connectivity index (χ1n) is 8.11. The summed E-state index contributed by atoms with van der Waals surface area (Å²) < 4.78 is 5.86. The van der Waals surface area contributed by atoms with E-state index in [0.29, 0.717) is 21.4 Å². The summed E-state index contributed by atoms with van der Waals surface area (Å²) in [7, 11) is 0. The maximum Gasteiger partial charge on any atom is 0.329 e. The summed E-state index contributed by atoms with van der Waals surface area (Å²) in [5.74, 6) is 0.149. The van der Waals surface area contributed by atoms with Crippen LogP contribution in [-0.2, 0) is 11.4 Å². The van der Waals surface area contributed by atoms with Crippen LogP contribution in [0.5, 0.6) is 5.75 Å². The highest BCUT2D eigenvalue weighted by atomic mass is 35.5. The highest BCUT2D eigenvalue weighted by molar-refractivity contribution is 6.35. The molecule has 2 aromatic carbocycles. The van der Waals surface area contributed by atoms with Gasteiger partial charge in [-0.05, 0) is 24.3 Å².